The van der Waals surface area contributed by atoms with Gasteiger partial charge in [-0.15, -0.1) is 0 Å². The fourth-order valence-electron chi connectivity index (χ4n) is 2.72. The van der Waals surface area contributed by atoms with Crippen LogP contribution in [0, 0.1) is 0 Å². The molecule has 4 amide bonds. The summed E-state index contributed by atoms with van der Waals surface area (Å²) in [5.74, 6) is -0.172. The standard InChI is InChI=1S/C18H26N4O3/c1-22(2)17(24)14-7-5-6-13(12-14)9-11-20-18(25)21-15-8-3-4-10-19-16(15)23/h5-7,12,15H,3-4,8-11H2,1-2H3,(H,19,23)(H2,20,21,25). The van der Waals surface area contributed by atoms with Crippen LogP contribution >= 0.6 is 0 Å². The molecule has 7 heteroatoms. The van der Waals surface area contributed by atoms with E-state index in [0.29, 0.717) is 31.5 Å². The lowest BCUT2D eigenvalue weighted by Gasteiger charge is -2.16. The van der Waals surface area contributed by atoms with Gasteiger partial charge >= 0.3 is 6.03 Å². The topological polar surface area (TPSA) is 90.5 Å². The number of nitrogens with one attached hydrogen (secondary N) is 3. The summed E-state index contributed by atoms with van der Waals surface area (Å²) in [6.07, 6.45) is 3.12. The Kier molecular flexibility index (Phi) is 6.80. The molecular formula is C18H26N4O3. The first-order valence-corrected chi connectivity index (χ1v) is 8.60. The average molecular weight is 346 g/mol. The third-order valence-corrected chi connectivity index (χ3v) is 4.12. The van der Waals surface area contributed by atoms with Crippen LogP contribution in [0.1, 0.15) is 35.2 Å². The van der Waals surface area contributed by atoms with Crippen molar-refractivity contribution in [3.63, 3.8) is 0 Å². The summed E-state index contributed by atoms with van der Waals surface area (Å²) in [6, 6.07) is 6.55. The van der Waals surface area contributed by atoms with Crippen LogP contribution in [-0.2, 0) is 11.2 Å². The molecule has 0 aliphatic carbocycles. The van der Waals surface area contributed by atoms with E-state index in [1.54, 1.807) is 20.2 Å². The summed E-state index contributed by atoms with van der Waals surface area (Å²) < 4.78 is 0. The van der Waals surface area contributed by atoms with Gasteiger partial charge < -0.3 is 20.9 Å². The Hall–Kier alpha value is -2.57. The maximum atomic E-state index is 12.0. The minimum absolute atomic E-state index is 0.0491. The second kappa shape index (κ2) is 9.05. The van der Waals surface area contributed by atoms with E-state index in [2.05, 4.69) is 16.0 Å². The number of rotatable bonds is 5. The van der Waals surface area contributed by atoms with E-state index in [1.807, 2.05) is 18.2 Å². The second-order valence-corrected chi connectivity index (χ2v) is 6.39. The highest BCUT2D eigenvalue weighted by Gasteiger charge is 2.22. The zero-order valence-corrected chi connectivity index (χ0v) is 14.8. The fraction of sp³-hybridized carbons (Fsp3) is 0.500. The van der Waals surface area contributed by atoms with E-state index >= 15 is 0 Å². The Morgan fingerprint density at radius 3 is 2.84 bits per heavy atom. The quantitative estimate of drug-likeness (QED) is 0.740. The molecule has 1 fully saturated rings. The smallest absolute Gasteiger partial charge is 0.315 e. The summed E-state index contributed by atoms with van der Waals surface area (Å²) in [5, 5.41) is 8.27. The van der Waals surface area contributed by atoms with E-state index in [0.717, 1.165) is 18.4 Å². The Morgan fingerprint density at radius 1 is 1.28 bits per heavy atom. The van der Waals surface area contributed by atoms with Crippen LogP contribution in [0.15, 0.2) is 24.3 Å². The van der Waals surface area contributed by atoms with Gasteiger partial charge in [-0.05, 0) is 43.4 Å². The Balaban J connectivity index is 1.80. The molecule has 1 aromatic carbocycles. The van der Waals surface area contributed by atoms with Gasteiger partial charge in [-0.1, -0.05) is 12.1 Å². The molecule has 1 aliphatic rings. The summed E-state index contributed by atoms with van der Waals surface area (Å²) >= 11 is 0. The van der Waals surface area contributed by atoms with Crippen molar-refractivity contribution in [2.45, 2.75) is 31.7 Å². The number of hydrogen-bond acceptors (Lipinski definition) is 3. The van der Waals surface area contributed by atoms with Crippen molar-refractivity contribution in [2.24, 2.45) is 0 Å². The van der Waals surface area contributed by atoms with Crippen molar-refractivity contribution in [1.82, 2.24) is 20.9 Å². The molecule has 1 unspecified atom stereocenters. The molecular weight excluding hydrogens is 320 g/mol. The van der Waals surface area contributed by atoms with E-state index in [1.165, 1.54) is 4.90 Å². The number of amides is 4. The van der Waals surface area contributed by atoms with Gasteiger partial charge in [0.2, 0.25) is 5.91 Å². The van der Waals surface area contributed by atoms with E-state index in [-0.39, 0.29) is 17.8 Å². The van der Waals surface area contributed by atoms with Gasteiger partial charge in [-0.25, -0.2) is 4.79 Å². The zero-order chi connectivity index (χ0) is 18.2. The number of carbonyl (C=O) groups is 3. The van der Waals surface area contributed by atoms with Gasteiger partial charge in [-0.3, -0.25) is 9.59 Å². The average Bonchev–Trinajstić information content (AvgIpc) is 2.79. The van der Waals surface area contributed by atoms with Gasteiger partial charge in [0.25, 0.3) is 5.91 Å². The first-order valence-electron chi connectivity index (χ1n) is 8.60. The fourth-order valence-corrected chi connectivity index (χ4v) is 2.72. The number of nitrogens with zero attached hydrogens (tertiary/aromatic N) is 1. The van der Waals surface area contributed by atoms with Crippen molar-refractivity contribution in [1.29, 1.82) is 0 Å². The monoisotopic (exact) mass is 346 g/mol. The molecule has 7 nitrogen and oxygen atoms in total. The molecule has 136 valence electrons. The van der Waals surface area contributed by atoms with Crippen LogP contribution in [0.4, 0.5) is 4.79 Å². The largest absolute Gasteiger partial charge is 0.354 e. The molecule has 1 aliphatic heterocycles. The van der Waals surface area contributed by atoms with E-state index in [4.69, 9.17) is 0 Å². The van der Waals surface area contributed by atoms with Gasteiger partial charge in [0.05, 0.1) is 0 Å². The van der Waals surface area contributed by atoms with Crippen molar-refractivity contribution in [3.05, 3.63) is 35.4 Å². The second-order valence-electron chi connectivity index (χ2n) is 6.39. The Labute approximate surface area is 148 Å². The maximum Gasteiger partial charge on any atom is 0.315 e. The molecule has 0 radical (unpaired) electrons. The van der Waals surface area contributed by atoms with Crippen molar-refractivity contribution in [3.8, 4) is 0 Å². The van der Waals surface area contributed by atoms with Gasteiger partial charge in [0.1, 0.15) is 6.04 Å². The van der Waals surface area contributed by atoms with Crippen molar-refractivity contribution in [2.75, 3.05) is 27.2 Å². The first-order chi connectivity index (χ1) is 12.0. The maximum absolute atomic E-state index is 12.0. The van der Waals surface area contributed by atoms with E-state index in [9.17, 15) is 14.4 Å². The first kappa shape index (κ1) is 18.8. The van der Waals surface area contributed by atoms with Crippen molar-refractivity contribution < 1.29 is 14.4 Å². The summed E-state index contributed by atoms with van der Waals surface area (Å²) in [4.78, 5) is 37.3. The highest BCUT2D eigenvalue weighted by atomic mass is 16.2. The SMILES string of the molecule is CN(C)C(=O)c1cccc(CCNC(=O)NC2CCCCNC2=O)c1. The van der Waals surface area contributed by atoms with Crippen LogP contribution in [0.3, 0.4) is 0 Å². The molecule has 0 bridgehead atoms. The minimum atomic E-state index is -0.469. The molecule has 1 aromatic rings. The lowest BCUT2D eigenvalue weighted by molar-refractivity contribution is -0.122. The molecule has 0 saturated carbocycles. The number of carbonyl (C=O) groups excluding carboxylic acids is 3. The van der Waals surface area contributed by atoms with Crippen LogP contribution in [-0.4, -0.2) is 56.0 Å². The van der Waals surface area contributed by atoms with Crippen LogP contribution in [0.25, 0.3) is 0 Å². The Morgan fingerprint density at radius 2 is 2.08 bits per heavy atom. The molecule has 1 heterocycles. The van der Waals surface area contributed by atoms with Crippen LogP contribution < -0.4 is 16.0 Å². The predicted octanol–water partition coefficient (Wildman–Crippen LogP) is 0.899. The molecule has 0 aromatic heterocycles. The number of benzene rings is 1. The predicted molar refractivity (Wildman–Crippen MR) is 95.3 cm³/mol. The minimum Gasteiger partial charge on any atom is -0.354 e. The highest BCUT2D eigenvalue weighted by molar-refractivity contribution is 5.94. The summed E-state index contributed by atoms with van der Waals surface area (Å²) in [7, 11) is 3.43. The van der Waals surface area contributed by atoms with Gasteiger partial charge in [-0.2, -0.15) is 0 Å². The Bertz CT molecular complexity index is 631. The number of hydrogen-bond donors (Lipinski definition) is 3. The van der Waals surface area contributed by atoms with Crippen molar-refractivity contribution >= 4 is 17.8 Å². The normalized spacial score (nSPS) is 17.2. The third-order valence-electron chi connectivity index (χ3n) is 4.12. The zero-order valence-electron chi connectivity index (χ0n) is 14.8. The van der Waals surface area contributed by atoms with Gasteiger partial charge in [0.15, 0.2) is 0 Å². The molecule has 1 saturated heterocycles. The van der Waals surface area contributed by atoms with Crippen LogP contribution in [0.5, 0.6) is 0 Å². The molecule has 1 atom stereocenters. The number of urea groups is 1. The summed E-state index contributed by atoms with van der Waals surface area (Å²) in [6.45, 7) is 1.10. The molecule has 3 N–H and O–H groups in total. The highest BCUT2D eigenvalue weighted by Crippen LogP contribution is 2.08. The lowest BCUT2D eigenvalue weighted by atomic mass is 10.1. The molecule has 25 heavy (non-hydrogen) atoms. The lowest BCUT2D eigenvalue weighted by Crippen LogP contribution is -2.49. The van der Waals surface area contributed by atoms with Gasteiger partial charge in [0, 0.05) is 32.7 Å². The van der Waals surface area contributed by atoms with E-state index < -0.39 is 6.04 Å². The molecule has 2 rings (SSSR count). The summed E-state index contributed by atoms with van der Waals surface area (Å²) in [5.41, 5.74) is 1.60. The van der Waals surface area contributed by atoms with Crippen LogP contribution in [0.2, 0.25) is 0 Å². The third kappa shape index (κ3) is 5.77. The molecule has 0 spiro atoms.